The zero-order valence-corrected chi connectivity index (χ0v) is 10.4. The molecule has 0 heterocycles. The van der Waals surface area contributed by atoms with Crippen molar-refractivity contribution >= 4 is 0 Å². The van der Waals surface area contributed by atoms with Gasteiger partial charge in [0.15, 0.2) is 0 Å². The van der Waals surface area contributed by atoms with Crippen molar-refractivity contribution in [2.24, 2.45) is 5.41 Å². The van der Waals surface area contributed by atoms with Crippen molar-refractivity contribution in [3.8, 4) is 0 Å². The molecule has 2 rings (SSSR count). The molecule has 2 nitrogen and oxygen atoms in total. The Labute approximate surface area is 94.4 Å². The predicted molar refractivity (Wildman–Crippen MR) is 65.1 cm³/mol. The number of nitrogens with zero attached hydrogens (tertiary/aromatic N) is 1. The van der Waals surface area contributed by atoms with Crippen LogP contribution in [0.5, 0.6) is 0 Å². The van der Waals surface area contributed by atoms with Gasteiger partial charge in [0.2, 0.25) is 0 Å². The zero-order chi connectivity index (χ0) is 10.7. The third-order valence-electron chi connectivity index (χ3n) is 4.15. The Morgan fingerprint density at radius 3 is 2.47 bits per heavy atom. The maximum Gasteiger partial charge on any atom is 0.00684 e. The second kappa shape index (κ2) is 4.84. The van der Waals surface area contributed by atoms with Crippen molar-refractivity contribution in [1.82, 2.24) is 10.2 Å². The second-order valence-electron chi connectivity index (χ2n) is 5.69. The van der Waals surface area contributed by atoms with E-state index in [0.29, 0.717) is 5.41 Å². The molecule has 15 heavy (non-hydrogen) atoms. The first-order chi connectivity index (χ1) is 7.24. The first kappa shape index (κ1) is 11.4. The average molecular weight is 210 g/mol. The molecule has 0 atom stereocenters. The Kier molecular flexibility index (Phi) is 3.68. The van der Waals surface area contributed by atoms with Gasteiger partial charge < -0.3 is 10.2 Å². The summed E-state index contributed by atoms with van der Waals surface area (Å²) in [7, 11) is 2.26. The van der Waals surface area contributed by atoms with E-state index in [1.165, 1.54) is 58.2 Å². The third kappa shape index (κ3) is 3.18. The molecule has 2 heteroatoms. The lowest BCUT2D eigenvalue weighted by atomic mass is 9.85. The molecular formula is C13H26N2. The topological polar surface area (TPSA) is 15.3 Å². The van der Waals surface area contributed by atoms with E-state index in [-0.39, 0.29) is 0 Å². The number of rotatable bonds is 6. The van der Waals surface area contributed by atoms with Crippen LogP contribution in [0.2, 0.25) is 0 Å². The summed E-state index contributed by atoms with van der Waals surface area (Å²) in [6, 6.07) is 0.870. The summed E-state index contributed by atoms with van der Waals surface area (Å²) in [4.78, 5) is 2.49. The van der Waals surface area contributed by atoms with Gasteiger partial charge in [-0.3, -0.25) is 0 Å². The Morgan fingerprint density at radius 2 is 1.93 bits per heavy atom. The highest BCUT2D eigenvalue weighted by molar-refractivity contribution is 4.92. The van der Waals surface area contributed by atoms with Crippen molar-refractivity contribution in [2.45, 2.75) is 51.5 Å². The second-order valence-corrected chi connectivity index (χ2v) is 5.69. The summed E-state index contributed by atoms with van der Waals surface area (Å²) in [5.41, 5.74) is 0.605. The summed E-state index contributed by atoms with van der Waals surface area (Å²) in [6.07, 6.45) is 8.61. The van der Waals surface area contributed by atoms with E-state index < -0.39 is 0 Å². The first-order valence-corrected chi connectivity index (χ1v) is 6.66. The van der Waals surface area contributed by atoms with Gasteiger partial charge in [-0.1, -0.05) is 19.8 Å². The van der Waals surface area contributed by atoms with Gasteiger partial charge in [-0.15, -0.1) is 0 Å². The minimum absolute atomic E-state index is 0.605. The number of nitrogens with one attached hydrogen (secondary N) is 1. The molecule has 2 aliphatic rings. The molecule has 2 saturated carbocycles. The molecule has 0 aliphatic heterocycles. The molecule has 0 spiro atoms. The Bertz CT molecular complexity index is 193. The smallest absolute Gasteiger partial charge is 0.00684 e. The Morgan fingerprint density at radius 1 is 1.27 bits per heavy atom. The predicted octanol–water partition coefficient (Wildman–Crippen LogP) is 2.25. The van der Waals surface area contributed by atoms with Crippen LogP contribution < -0.4 is 5.32 Å². The van der Waals surface area contributed by atoms with E-state index >= 15 is 0 Å². The Hall–Kier alpha value is -0.0800. The number of hydrogen-bond acceptors (Lipinski definition) is 2. The van der Waals surface area contributed by atoms with Gasteiger partial charge in [0.25, 0.3) is 0 Å². The van der Waals surface area contributed by atoms with E-state index in [2.05, 4.69) is 24.2 Å². The summed E-state index contributed by atoms with van der Waals surface area (Å²) in [5, 5.41) is 3.74. The SMILES string of the molecule is CCN(C)CC1(CNC2CC2)CCCC1. The molecule has 0 bridgehead atoms. The molecule has 0 amide bonds. The molecule has 0 radical (unpaired) electrons. The van der Waals surface area contributed by atoms with Crippen LogP contribution in [0.3, 0.4) is 0 Å². The van der Waals surface area contributed by atoms with Crippen LogP contribution in [-0.2, 0) is 0 Å². The van der Waals surface area contributed by atoms with Crippen LogP contribution in [0, 0.1) is 5.41 Å². The third-order valence-corrected chi connectivity index (χ3v) is 4.15. The van der Waals surface area contributed by atoms with Gasteiger partial charge in [-0.05, 0) is 44.7 Å². The summed E-state index contributed by atoms with van der Waals surface area (Å²) in [5.74, 6) is 0. The van der Waals surface area contributed by atoms with E-state index in [9.17, 15) is 0 Å². The van der Waals surface area contributed by atoms with Crippen LogP contribution >= 0.6 is 0 Å². The largest absolute Gasteiger partial charge is 0.313 e. The molecule has 0 unspecified atom stereocenters. The fourth-order valence-electron chi connectivity index (χ4n) is 2.85. The quantitative estimate of drug-likeness (QED) is 0.723. The van der Waals surface area contributed by atoms with Gasteiger partial charge >= 0.3 is 0 Å². The van der Waals surface area contributed by atoms with E-state index in [0.717, 1.165) is 6.04 Å². The van der Waals surface area contributed by atoms with Crippen molar-refractivity contribution in [1.29, 1.82) is 0 Å². The van der Waals surface area contributed by atoms with Crippen LogP contribution in [0.4, 0.5) is 0 Å². The van der Waals surface area contributed by atoms with Gasteiger partial charge in [-0.25, -0.2) is 0 Å². The molecule has 88 valence electrons. The fraction of sp³-hybridized carbons (Fsp3) is 1.00. The molecule has 0 saturated heterocycles. The van der Waals surface area contributed by atoms with Crippen LogP contribution in [0.25, 0.3) is 0 Å². The standard InChI is InChI=1S/C13H26N2/c1-3-15(2)11-13(8-4-5-9-13)10-14-12-6-7-12/h12,14H,3-11H2,1-2H3. The maximum absolute atomic E-state index is 3.74. The molecular weight excluding hydrogens is 184 g/mol. The molecule has 2 fully saturated rings. The van der Waals surface area contributed by atoms with Gasteiger partial charge in [0.1, 0.15) is 0 Å². The highest BCUT2D eigenvalue weighted by atomic mass is 15.1. The number of hydrogen-bond donors (Lipinski definition) is 1. The molecule has 0 aromatic rings. The van der Waals surface area contributed by atoms with Crippen molar-refractivity contribution in [3.05, 3.63) is 0 Å². The van der Waals surface area contributed by atoms with Gasteiger partial charge in [-0.2, -0.15) is 0 Å². The van der Waals surface area contributed by atoms with Crippen LogP contribution in [-0.4, -0.2) is 37.6 Å². The van der Waals surface area contributed by atoms with Crippen molar-refractivity contribution in [3.63, 3.8) is 0 Å². The summed E-state index contributed by atoms with van der Waals surface area (Å²) < 4.78 is 0. The lowest BCUT2D eigenvalue weighted by Crippen LogP contribution is -2.41. The highest BCUT2D eigenvalue weighted by Crippen LogP contribution is 2.38. The average Bonchev–Trinajstić information content (AvgIpc) is 2.97. The lowest BCUT2D eigenvalue weighted by molar-refractivity contribution is 0.177. The Balaban J connectivity index is 1.83. The van der Waals surface area contributed by atoms with Crippen molar-refractivity contribution < 1.29 is 0 Å². The lowest BCUT2D eigenvalue weighted by Gasteiger charge is -2.33. The van der Waals surface area contributed by atoms with E-state index in [1.807, 2.05) is 0 Å². The molecule has 0 aromatic carbocycles. The summed E-state index contributed by atoms with van der Waals surface area (Å²) in [6.45, 7) is 6.01. The molecule has 0 aromatic heterocycles. The normalized spacial score (nSPS) is 25.0. The van der Waals surface area contributed by atoms with Crippen molar-refractivity contribution in [2.75, 3.05) is 26.7 Å². The van der Waals surface area contributed by atoms with E-state index in [1.54, 1.807) is 0 Å². The minimum Gasteiger partial charge on any atom is -0.313 e. The minimum atomic E-state index is 0.605. The maximum atomic E-state index is 3.74. The highest BCUT2D eigenvalue weighted by Gasteiger charge is 2.36. The van der Waals surface area contributed by atoms with Gasteiger partial charge in [0.05, 0.1) is 0 Å². The van der Waals surface area contributed by atoms with Crippen LogP contribution in [0.15, 0.2) is 0 Å². The molecule has 2 aliphatic carbocycles. The zero-order valence-electron chi connectivity index (χ0n) is 10.4. The van der Waals surface area contributed by atoms with Gasteiger partial charge in [0, 0.05) is 19.1 Å². The summed E-state index contributed by atoms with van der Waals surface area (Å²) >= 11 is 0. The van der Waals surface area contributed by atoms with E-state index in [4.69, 9.17) is 0 Å². The monoisotopic (exact) mass is 210 g/mol. The van der Waals surface area contributed by atoms with Crippen LogP contribution in [0.1, 0.15) is 45.4 Å². The fourth-order valence-corrected chi connectivity index (χ4v) is 2.85. The molecule has 1 N–H and O–H groups in total. The first-order valence-electron chi connectivity index (χ1n) is 6.66.